The van der Waals surface area contributed by atoms with Gasteiger partial charge in [-0.3, -0.25) is 14.5 Å². The molecular weight excluding hydrogens is 328 g/mol. The summed E-state index contributed by atoms with van der Waals surface area (Å²) in [4.78, 5) is 27.1. The molecule has 2 heterocycles. The van der Waals surface area contributed by atoms with Crippen LogP contribution in [-0.2, 0) is 20.9 Å². The van der Waals surface area contributed by atoms with Gasteiger partial charge in [-0.25, -0.2) is 0 Å². The number of carbonyl (C=O) groups excluding carboxylic acids is 2. The van der Waals surface area contributed by atoms with Crippen molar-refractivity contribution >= 4 is 11.9 Å². The zero-order valence-electron chi connectivity index (χ0n) is 15.3. The maximum Gasteiger partial charge on any atom is 0.307 e. The maximum absolute atomic E-state index is 12.8. The number of esters is 1. The maximum atomic E-state index is 12.8. The third-order valence-corrected chi connectivity index (χ3v) is 6.27. The van der Waals surface area contributed by atoms with Gasteiger partial charge in [-0.2, -0.15) is 0 Å². The smallest absolute Gasteiger partial charge is 0.307 e. The highest BCUT2D eigenvalue weighted by Crippen LogP contribution is 2.45. The van der Waals surface area contributed by atoms with Crippen molar-refractivity contribution in [2.75, 3.05) is 13.1 Å². The molecule has 4 rings (SSSR count). The predicted molar refractivity (Wildman–Crippen MR) is 98.3 cm³/mol. The van der Waals surface area contributed by atoms with E-state index in [0.29, 0.717) is 0 Å². The molecule has 5 nitrogen and oxygen atoms in total. The molecule has 1 saturated carbocycles. The van der Waals surface area contributed by atoms with E-state index in [1.54, 1.807) is 0 Å². The molecule has 3 aliphatic rings. The third-order valence-electron chi connectivity index (χ3n) is 6.27. The van der Waals surface area contributed by atoms with Crippen molar-refractivity contribution in [2.45, 2.75) is 63.1 Å². The second-order valence-electron chi connectivity index (χ2n) is 8.05. The van der Waals surface area contributed by atoms with Crippen LogP contribution in [0, 0.1) is 5.92 Å². The normalized spacial score (nSPS) is 26.2. The lowest BCUT2D eigenvalue weighted by atomic mass is 9.84. The summed E-state index contributed by atoms with van der Waals surface area (Å²) in [6.45, 7) is 2.95. The summed E-state index contributed by atoms with van der Waals surface area (Å²) >= 11 is 0. The summed E-state index contributed by atoms with van der Waals surface area (Å²) in [5.41, 5.74) is 0.828. The van der Waals surface area contributed by atoms with Crippen molar-refractivity contribution in [3.8, 4) is 0 Å². The number of hydrogen-bond acceptors (Lipinski definition) is 4. The monoisotopic (exact) mass is 356 g/mol. The Kier molecular flexibility index (Phi) is 4.98. The molecule has 1 unspecified atom stereocenters. The fourth-order valence-corrected chi connectivity index (χ4v) is 4.83. The van der Waals surface area contributed by atoms with Crippen molar-refractivity contribution in [3.05, 3.63) is 35.9 Å². The minimum atomic E-state index is -0.505. The summed E-state index contributed by atoms with van der Waals surface area (Å²) < 4.78 is 5.61. The van der Waals surface area contributed by atoms with E-state index < -0.39 is 5.60 Å². The second kappa shape index (κ2) is 7.39. The van der Waals surface area contributed by atoms with E-state index in [2.05, 4.69) is 34.5 Å². The Balaban J connectivity index is 1.29. The summed E-state index contributed by atoms with van der Waals surface area (Å²) in [5, 5.41) is 3.22. The number of hydrogen-bond donors (Lipinski definition) is 1. The number of carbonyl (C=O) groups is 2. The molecular formula is C21H28N2O3. The molecule has 1 atom stereocenters. The first-order valence-electron chi connectivity index (χ1n) is 9.93. The molecule has 1 aromatic carbocycles. The average Bonchev–Trinajstić information content (AvgIpc) is 3.24. The standard InChI is InChI=1S/C21H28N2O3/c24-19-14-18(21(26-19)10-4-5-11-21)20(25)22-17-8-12-23(13-9-17)15-16-6-2-1-3-7-16/h1-3,6-7,17-18H,4-5,8-15H2,(H,22,25). The molecule has 2 aliphatic heterocycles. The Morgan fingerprint density at radius 3 is 2.54 bits per heavy atom. The van der Waals surface area contributed by atoms with Gasteiger partial charge in [0.25, 0.3) is 0 Å². The Bertz CT molecular complexity index is 646. The van der Waals surface area contributed by atoms with Gasteiger partial charge in [0.05, 0.1) is 12.3 Å². The molecule has 5 heteroatoms. The van der Waals surface area contributed by atoms with Gasteiger partial charge < -0.3 is 10.1 Å². The lowest BCUT2D eigenvalue weighted by Crippen LogP contribution is -2.49. The number of benzene rings is 1. The van der Waals surface area contributed by atoms with E-state index >= 15 is 0 Å². The van der Waals surface area contributed by atoms with Crippen molar-refractivity contribution in [2.24, 2.45) is 5.92 Å². The van der Waals surface area contributed by atoms with Gasteiger partial charge in [0.2, 0.25) is 5.91 Å². The van der Waals surface area contributed by atoms with Crippen LogP contribution in [0.5, 0.6) is 0 Å². The number of piperidine rings is 1. The third kappa shape index (κ3) is 3.63. The zero-order chi connectivity index (χ0) is 18.0. The van der Waals surface area contributed by atoms with Crippen molar-refractivity contribution in [1.29, 1.82) is 0 Å². The highest BCUT2D eigenvalue weighted by molar-refractivity contribution is 5.88. The van der Waals surface area contributed by atoms with Gasteiger partial charge >= 0.3 is 5.97 Å². The van der Waals surface area contributed by atoms with Crippen LogP contribution in [0.2, 0.25) is 0 Å². The zero-order valence-corrected chi connectivity index (χ0v) is 15.3. The molecule has 26 heavy (non-hydrogen) atoms. The SMILES string of the molecule is O=C1CC(C(=O)NC2CCN(Cc3ccccc3)CC2)C2(CCCC2)O1. The fourth-order valence-electron chi connectivity index (χ4n) is 4.83. The van der Waals surface area contributed by atoms with Crippen LogP contribution in [0.15, 0.2) is 30.3 Å². The van der Waals surface area contributed by atoms with Gasteiger partial charge in [0, 0.05) is 25.7 Å². The lowest BCUT2D eigenvalue weighted by molar-refractivity contribution is -0.150. The van der Waals surface area contributed by atoms with Crippen LogP contribution in [0.4, 0.5) is 0 Å². The minimum absolute atomic E-state index is 0.0271. The summed E-state index contributed by atoms with van der Waals surface area (Å²) in [6.07, 6.45) is 5.96. The van der Waals surface area contributed by atoms with E-state index in [9.17, 15) is 9.59 Å². The van der Waals surface area contributed by atoms with E-state index in [1.165, 1.54) is 5.56 Å². The molecule has 0 radical (unpaired) electrons. The number of likely N-dealkylation sites (tertiary alicyclic amines) is 1. The second-order valence-corrected chi connectivity index (χ2v) is 8.05. The van der Waals surface area contributed by atoms with E-state index in [0.717, 1.165) is 58.2 Å². The largest absolute Gasteiger partial charge is 0.458 e. The summed E-state index contributed by atoms with van der Waals surface area (Å²) in [6, 6.07) is 10.7. The van der Waals surface area contributed by atoms with Crippen molar-refractivity contribution < 1.29 is 14.3 Å². The number of ether oxygens (including phenoxy) is 1. The topological polar surface area (TPSA) is 58.6 Å². The van der Waals surface area contributed by atoms with Gasteiger partial charge in [-0.15, -0.1) is 0 Å². The molecule has 2 saturated heterocycles. The van der Waals surface area contributed by atoms with Crippen LogP contribution in [0.3, 0.4) is 0 Å². The van der Waals surface area contributed by atoms with Crippen LogP contribution in [0.1, 0.15) is 50.5 Å². The molecule has 3 fully saturated rings. The van der Waals surface area contributed by atoms with Crippen molar-refractivity contribution in [1.82, 2.24) is 10.2 Å². The molecule has 140 valence electrons. The number of amides is 1. The molecule has 1 aromatic rings. The number of rotatable bonds is 4. The molecule has 0 bridgehead atoms. The van der Waals surface area contributed by atoms with E-state index in [-0.39, 0.29) is 30.3 Å². The number of nitrogens with zero attached hydrogens (tertiary/aromatic N) is 1. The molecule has 1 amide bonds. The van der Waals surface area contributed by atoms with Crippen LogP contribution < -0.4 is 5.32 Å². The van der Waals surface area contributed by atoms with Gasteiger partial charge in [0.15, 0.2) is 0 Å². The Labute approximate surface area is 155 Å². The molecule has 0 aromatic heterocycles. The Hall–Kier alpha value is -1.88. The quantitative estimate of drug-likeness (QED) is 0.843. The Morgan fingerprint density at radius 1 is 1.15 bits per heavy atom. The predicted octanol–water partition coefficient (Wildman–Crippen LogP) is 2.64. The lowest BCUT2D eigenvalue weighted by Gasteiger charge is -2.34. The first-order chi connectivity index (χ1) is 12.6. The van der Waals surface area contributed by atoms with Gasteiger partial charge in [-0.05, 0) is 44.1 Å². The van der Waals surface area contributed by atoms with E-state index in [4.69, 9.17) is 4.74 Å². The van der Waals surface area contributed by atoms with Crippen LogP contribution in [0.25, 0.3) is 0 Å². The van der Waals surface area contributed by atoms with E-state index in [1.807, 2.05) is 6.07 Å². The Morgan fingerprint density at radius 2 is 1.85 bits per heavy atom. The van der Waals surface area contributed by atoms with Crippen molar-refractivity contribution in [3.63, 3.8) is 0 Å². The summed E-state index contributed by atoms with van der Waals surface area (Å²) in [5.74, 6) is -0.469. The first-order valence-corrected chi connectivity index (χ1v) is 9.93. The molecule has 1 spiro atoms. The number of nitrogens with one attached hydrogen (secondary N) is 1. The van der Waals surface area contributed by atoms with Gasteiger partial charge in [0.1, 0.15) is 5.60 Å². The summed E-state index contributed by atoms with van der Waals surface area (Å²) in [7, 11) is 0. The minimum Gasteiger partial charge on any atom is -0.458 e. The highest BCUT2D eigenvalue weighted by Gasteiger charge is 2.54. The molecule has 1 aliphatic carbocycles. The highest BCUT2D eigenvalue weighted by atomic mass is 16.6. The fraction of sp³-hybridized carbons (Fsp3) is 0.619. The molecule has 1 N–H and O–H groups in total. The first kappa shape index (κ1) is 17.5. The van der Waals surface area contributed by atoms with Crippen LogP contribution in [-0.4, -0.2) is 41.5 Å². The van der Waals surface area contributed by atoms with Gasteiger partial charge in [-0.1, -0.05) is 30.3 Å². The van der Waals surface area contributed by atoms with Crippen LogP contribution >= 0.6 is 0 Å². The average molecular weight is 356 g/mol.